The van der Waals surface area contributed by atoms with E-state index in [0.29, 0.717) is 27.7 Å². The van der Waals surface area contributed by atoms with Crippen LogP contribution < -0.4 is 15.8 Å². The molecule has 0 saturated carbocycles. The smallest absolute Gasteiger partial charge is 0.262 e. The number of hydrogen-bond donors (Lipinski definition) is 3. The van der Waals surface area contributed by atoms with E-state index in [-0.39, 0.29) is 19.1 Å². The van der Waals surface area contributed by atoms with Crippen LogP contribution in [-0.2, 0) is 11.4 Å². The molecule has 0 bridgehead atoms. The summed E-state index contributed by atoms with van der Waals surface area (Å²) in [5, 5.41) is 12.1. The number of rotatable bonds is 5. The summed E-state index contributed by atoms with van der Waals surface area (Å²) in [5.41, 5.74) is 7.33. The van der Waals surface area contributed by atoms with E-state index in [9.17, 15) is 4.79 Å². The van der Waals surface area contributed by atoms with Gasteiger partial charge in [-0.05, 0) is 35.9 Å². The second kappa shape index (κ2) is 6.97. The van der Waals surface area contributed by atoms with Crippen LogP contribution in [0.5, 0.6) is 5.75 Å². The molecule has 2 aromatic rings. The fourth-order valence-corrected chi connectivity index (χ4v) is 1.88. The quantitative estimate of drug-likeness (QED) is 0.741. The number of nitrogens with one attached hydrogen (secondary N) is 1. The van der Waals surface area contributed by atoms with Gasteiger partial charge in [-0.3, -0.25) is 4.79 Å². The number of benzene rings is 2. The van der Waals surface area contributed by atoms with E-state index < -0.39 is 0 Å². The summed E-state index contributed by atoms with van der Waals surface area (Å²) < 4.78 is 5.36. The lowest BCUT2D eigenvalue weighted by Crippen LogP contribution is -2.20. The minimum absolute atomic E-state index is 0.0809. The Labute approximate surface area is 127 Å². The fourth-order valence-electron chi connectivity index (χ4n) is 1.71. The first-order valence-corrected chi connectivity index (χ1v) is 6.64. The average Bonchev–Trinajstić information content (AvgIpc) is 2.49. The standard InChI is InChI=1S/C15H15ClN2O3/c16-11-4-5-13(17)14(7-11)18-15(20)9-21-12-3-1-2-10(6-12)8-19/h1-7,19H,8-9,17H2,(H,18,20). The number of aliphatic hydroxyl groups excluding tert-OH is 1. The van der Waals surface area contributed by atoms with E-state index >= 15 is 0 Å². The molecule has 4 N–H and O–H groups in total. The van der Waals surface area contributed by atoms with Crippen molar-refractivity contribution in [3.63, 3.8) is 0 Å². The van der Waals surface area contributed by atoms with Crippen LogP contribution >= 0.6 is 11.6 Å². The van der Waals surface area contributed by atoms with Crippen molar-refractivity contribution in [3.05, 3.63) is 53.1 Å². The first kappa shape index (κ1) is 15.2. The normalized spacial score (nSPS) is 10.2. The minimum Gasteiger partial charge on any atom is -0.484 e. The van der Waals surface area contributed by atoms with Gasteiger partial charge in [0, 0.05) is 5.02 Å². The second-order valence-corrected chi connectivity index (χ2v) is 4.81. The molecule has 1 amide bonds. The SMILES string of the molecule is Nc1ccc(Cl)cc1NC(=O)COc1cccc(CO)c1. The number of nitrogens with two attached hydrogens (primary N) is 1. The molecule has 0 aliphatic rings. The fraction of sp³-hybridized carbons (Fsp3) is 0.133. The Kier molecular flexibility index (Phi) is 5.03. The van der Waals surface area contributed by atoms with Gasteiger partial charge in [-0.15, -0.1) is 0 Å². The van der Waals surface area contributed by atoms with Gasteiger partial charge >= 0.3 is 0 Å². The van der Waals surface area contributed by atoms with Crippen molar-refractivity contribution < 1.29 is 14.6 Å². The van der Waals surface area contributed by atoms with Crippen molar-refractivity contribution in [1.29, 1.82) is 0 Å². The molecule has 0 aromatic heterocycles. The van der Waals surface area contributed by atoms with Crippen molar-refractivity contribution in [2.75, 3.05) is 17.7 Å². The highest BCUT2D eigenvalue weighted by molar-refractivity contribution is 6.31. The third-order valence-corrected chi connectivity index (χ3v) is 2.98. The molecule has 5 nitrogen and oxygen atoms in total. The average molecular weight is 307 g/mol. The molecule has 0 saturated heterocycles. The summed E-state index contributed by atoms with van der Waals surface area (Å²) in [6.07, 6.45) is 0. The van der Waals surface area contributed by atoms with Gasteiger partial charge in [0.2, 0.25) is 0 Å². The third kappa shape index (κ3) is 4.37. The highest BCUT2D eigenvalue weighted by Gasteiger charge is 2.07. The van der Waals surface area contributed by atoms with Gasteiger partial charge in [0.15, 0.2) is 6.61 Å². The molecular formula is C15H15ClN2O3. The van der Waals surface area contributed by atoms with Crippen molar-refractivity contribution in [2.24, 2.45) is 0 Å². The molecule has 0 spiro atoms. The molecule has 0 unspecified atom stereocenters. The predicted molar refractivity (Wildman–Crippen MR) is 82.4 cm³/mol. The van der Waals surface area contributed by atoms with Gasteiger partial charge in [0.25, 0.3) is 5.91 Å². The lowest BCUT2D eigenvalue weighted by Gasteiger charge is -2.10. The van der Waals surface area contributed by atoms with Crippen LogP contribution in [0.2, 0.25) is 5.02 Å². The zero-order chi connectivity index (χ0) is 15.2. The summed E-state index contributed by atoms with van der Waals surface area (Å²) >= 11 is 5.84. The van der Waals surface area contributed by atoms with Crippen LogP contribution in [0.3, 0.4) is 0 Å². The summed E-state index contributed by atoms with van der Waals surface area (Å²) in [5.74, 6) is 0.161. The maximum Gasteiger partial charge on any atom is 0.262 e. The van der Waals surface area contributed by atoms with Crippen LogP contribution in [0, 0.1) is 0 Å². The van der Waals surface area contributed by atoms with Crippen molar-refractivity contribution in [1.82, 2.24) is 0 Å². The molecule has 0 fully saturated rings. The van der Waals surface area contributed by atoms with Gasteiger partial charge in [-0.2, -0.15) is 0 Å². The number of anilines is 2. The van der Waals surface area contributed by atoms with E-state index in [0.717, 1.165) is 0 Å². The van der Waals surface area contributed by atoms with Gasteiger partial charge in [-0.1, -0.05) is 23.7 Å². The highest BCUT2D eigenvalue weighted by atomic mass is 35.5. The van der Waals surface area contributed by atoms with Crippen LogP contribution in [0.1, 0.15) is 5.56 Å². The molecule has 0 radical (unpaired) electrons. The molecule has 2 rings (SSSR count). The molecule has 0 aliphatic carbocycles. The Bertz CT molecular complexity index is 647. The molecule has 0 atom stereocenters. The lowest BCUT2D eigenvalue weighted by molar-refractivity contribution is -0.118. The molecule has 110 valence electrons. The molecule has 2 aromatic carbocycles. The molecule has 0 aliphatic heterocycles. The summed E-state index contributed by atoms with van der Waals surface area (Å²) in [4.78, 5) is 11.8. The number of halogens is 1. The zero-order valence-corrected chi connectivity index (χ0v) is 11.9. The van der Waals surface area contributed by atoms with E-state index in [1.54, 1.807) is 42.5 Å². The molecule has 0 heterocycles. The van der Waals surface area contributed by atoms with Crippen molar-refractivity contribution in [3.8, 4) is 5.75 Å². The van der Waals surface area contributed by atoms with E-state index in [1.165, 1.54) is 0 Å². The monoisotopic (exact) mass is 306 g/mol. The van der Waals surface area contributed by atoms with Gasteiger partial charge in [0.05, 0.1) is 18.0 Å². The van der Waals surface area contributed by atoms with Crippen LogP contribution in [0.15, 0.2) is 42.5 Å². The van der Waals surface area contributed by atoms with Crippen molar-refractivity contribution >= 4 is 28.9 Å². The first-order valence-electron chi connectivity index (χ1n) is 6.26. The van der Waals surface area contributed by atoms with Gasteiger partial charge in [0.1, 0.15) is 5.75 Å². The number of carbonyl (C=O) groups excluding carboxylic acids is 1. The first-order chi connectivity index (χ1) is 10.1. The maximum absolute atomic E-state index is 11.8. The van der Waals surface area contributed by atoms with Crippen LogP contribution in [0.4, 0.5) is 11.4 Å². The second-order valence-electron chi connectivity index (χ2n) is 4.37. The van der Waals surface area contributed by atoms with Crippen molar-refractivity contribution in [2.45, 2.75) is 6.61 Å². The molecule has 6 heteroatoms. The van der Waals surface area contributed by atoms with Gasteiger partial charge in [-0.25, -0.2) is 0 Å². The number of hydrogen-bond acceptors (Lipinski definition) is 4. The summed E-state index contributed by atoms with van der Waals surface area (Å²) in [6.45, 7) is -0.247. The predicted octanol–water partition coefficient (Wildman–Crippen LogP) is 2.43. The third-order valence-electron chi connectivity index (χ3n) is 2.74. The Hall–Kier alpha value is -2.24. The Morgan fingerprint density at radius 1 is 1.29 bits per heavy atom. The van der Waals surface area contributed by atoms with E-state index in [4.69, 9.17) is 27.2 Å². The number of ether oxygens (including phenoxy) is 1. The van der Waals surface area contributed by atoms with Gasteiger partial charge < -0.3 is 20.9 Å². The summed E-state index contributed by atoms with van der Waals surface area (Å²) in [6, 6.07) is 11.7. The largest absolute Gasteiger partial charge is 0.484 e. The number of carbonyl (C=O) groups is 1. The highest BCUT2D eigenvalue weighted by Crippen LogP contribution is 2.22. The van der Waals surface area contributed by atoms with Crippen LogP contribution in [0.25, 0.3) is 0 Å². The Morgan fingerprint density at radius 2 is 2.10 bits per heavy atom. The van der Waals surface area contributed by atoms with E-state index in [2.05, 4.69) is 5.32 Å². The Morgan fingerprint density at radius 3 is 2.86 bits per heavy atom. The molecule has 21 heavy (non-hydrogen) atoms. The minimum atomic E-state index is -0.349. The summed E-state index contributed by atoms with van der Waals surface area (Å²) in [7, 11) is 0. The Balaban J connectivity index is 1.94. The molecular weight excluding hydrogens is 292 g/mol. The number of nitrogen functional groups attached to an aromatic ring is 1. The lowest BCUT2D eigenvalue weighted by atomic mass is 10.2. The van der Waals surface area contributed by atoms with E-state index in [1.807, 2.05) is 0 Å². The van der Waals surface area contributed by atoms with Crippen LogP contribution in [-0.4, -0.2) is 17.6 Å². The maximum atomic E-state index is 11.8. The number of amides is 1. The zero-order valence-electron chi connectivity index (χ0n) is 11.2. The topological polar surface area (TPSA) is 84.6 Å². The number of aliphatic hydroxyl groups is 1.